The molecule has 0 spiro atoms. The van der Waals surface area contributed by atoms with E-state index in [1.54, 1.807) is 24.3 Å². The summed E-state index contributed by atoms with van der Waals surface area (Å²) in [6.07, 6.45) is -4.54. The molecule has 0 aromatic heterocycles. The number of benzene rings is 2. The van der Waals surface area contributed by atoms with Crippen molar-refractivity contribution in [2.24, 2.45) is 0 Å². The number of nitrogens with one attached hydrogen (secondary N) is 1. The van der Waals surface area contributed by atoms with Gasteiger partial charge < -0.3 is 10.2 Å². The van der Waals surface area contributed by atoms with Crippen LogP contribution < -0.4 is 5.32 Å². The predicted molar refractivity (Wildman–Crippen MR) is 102 cm³/mol. The number of alkyl halides is 3. The predicted octanol–water partition coefficient (Wildman–Crippen LogP) is 3.90. The minimum atomic E-state index is -4.54. The Bertz CT molecular complexity index is 989. The van der Waals surface area contributed by atoms with Crippen molar-refractivity contribution in [2.75, 3.05) is 31.5 Å². The standard InChI is InChI=1S/C18H17ClF3N3O3S/c19-15-3-1-2-4-16(15)23-17(26)24-9-11-25(12-10-24)29(27,28)14-7-5-13(6-8-14)18(20,21)22/h1-8H,9-12H2,(H,23,26). The summed E-state index contributed by atoms with van der Waals surface area (Å²) in [5, 5.41) is 3.05. The highest BCUT2D eigenvalue weighted by atomic mass is 35.5. The number of amides is 2. The zero-order valence-electron chi connectivity index (χ0n) is 15.0. The topological polar surface area (TPSA) is 69.7 Å². The van der Waals surface area contributed by atoms with Crippen molar-refractivity contribution in [2.45, 2.75) is 11.1 Å². The third kappa shape index (κ3) is 4.82. The second-order valence-corrected chi connectivity index (χ2v) is 8.67. The van der Waals surface area contributed by atoms with Crippen LogP contribution >= 0.6 is 11.6 Å². The van der Waals surface area contributed by atoms with Gasteiger partial charge in [0.1, 0.15) is 0 Å². The zero-order chi connectivity index (χ0) is 21.2. The van der Waals surface area contributed by atoms with Crippen molar-refractivity contribution in [3.05, 3.63) is 59.1 Å². The molecule has 1 N–H and O–H groups in total. The van der Waals surface area contributed by atoms with Crippen molar-refractivity contribution >= 4 is 33.3 Å². The van der Waals surface area contributed by atoms with Crippen molar-refractivity contribution in [1.82, 2.24) is 9.21 Å². The van der Waals surface area contributed by atoms with E-state index in [1.165, 1.54) is 4.90 Å². The molecule has 11 heteroatoms. The van der Waals surface area contributed by atoms with Crippen molar-refractivity contribution < 1.29 is 26.4 Å². The van der Waals surface area contributed by atoms with Gasteiger partial charge in [0.15, 0.2) is 0 Å². The van der Waals surface area contributed by atoms with Crippen LogP contribution in [-0.4, -0.2) is 49.8 Å². The SMILES string of the molecule is O=C(Nc1ccccc1Cl)N1CCN(S(=O)(=O)c2ccc(C(F)(F)F)cc2)CC1. The van der Waals surface area contributed by atoms with E-state index in [0.717, 1.165) is 28.6 Å². The van der Waals surface area contributed by atoms with Crippen LogP contribution in [0.15, 0.2) is 53.4 Å². The van der Waals surface area contributed by atoms with Gasteiger partial charge in [0.2, 0.25) is 10.0 Å². The number of anilines is 1. The summed E-state index contributed by atoms with van der Waals surface area (Å²) in [6, 6.07) is 9.66. The van der Waals surface area contributed by atoms with Gasteiger partial charge in [-0.15, -0.1) is 0 Å². The minimum absolute atomic E-state index is 0.0271. The maximum absolute atomic E-state index is 12.7. The summed E-state index contributed by atoms with van der Waals surface area (Å²) >= 11 is 6.01. The first-order valence-electron chi connectivity index (χ1n) is 8.57. The van der Waals surface area contributed by atoms with Crippen LogP contribution in [0.5, 0.6) is 0 Å². The maximum atomic E-state index is 12.7. The molecule has 2 aromatic rings. The van der Waals surface area contributed by atoms with Gasteiger partial charge in [0, 0.05) is 26.2 Å². The van der Waals surface area contributed by atoms with E-state index in [2.05, 4.69) is 5.32 Å². The van der Waals surface area contributed by atoms with E-state index in [0.29, 0.717) is 10.7 Å². The summed E-state index contributed by atoms with van der Waals surface area (Å²) in [4.78, 5) is 13.6. The number of carbonyl (C=O) groups is 1. The number of sulfonamides is 1. The number of nitrogens with zero attached hydrogens (tertiary/aromatic N) is 2. The first-order valence-corrected chi connectivity index (χ1v) is 10.4. The average Bonchev–Trinajstić information content (AvgIpc) is 2.69. The molecule has 1 saturated heterocycles. The van der Waals surface area contributed by atoms with E-state index in [4.69, 9.17) is 11.6 Å². The van der Waals surface area contributed by atoms with Crippen molar-refractivity contribution in [3.63, 3.8) is 0 Å². The van der Waals surface area contributed by atoms with Crippen molar-refractivity contribution in [3.8, 4) is 0 Å². The summed E-state index contributed by atoms with van der Waals surface area (Å²) in [5.41, 5.74) is -0.475. The number of hydrogen-bond donors (Lipinski definition) is 1. The fourth-order valence-electron chi connectivity index (χ4n) is 2.85. The summed E-state index contributed by atoms with van der Waals surface area (Å²) < 4.78 is 64.5. The van der Waals surface area contributed by atoms with Crippen LogP contribution in [0.2, 0.25) is 5.02 Å². The van der Waals surface area contributed by atoms with Gasteiger partial charge in [-0.2, -0.15) is 17.5 Å². The molecule has 1 fully saturated rings. The fourth-order valence-corrected chi connectivity index (χ4v) is 4.46. The van der Waals surface area contributed by atoms with Crippen LogP contribution in [0.3, 0.4) is 0 Å². The van der Waals surface area contributed by atoms with Gasteiger partial charge in [-0.1, -0.05) is 23.7 Å². The molecule has 1 aliphatic rings. The lowest BCUT2D eigenvalue weighted by Crippen LogP contribution is -2.51. The average molecular weight is 448 g/mol. The van der Waals surface area contributed by atoms with Gasteiger partial charge in [-0.05, 0) is 36.4 Å². The Balaban J connectivity index is 1.63. The number of carbonyl (C=O) groups excluding carboxylic acids is 1. The normalized spacial score (nSPS) is 15.9. The van der Waals surface area contributed by atoms with E-state index in [-0.39, 0.29) is 31.1 Å². The molecule has 3 rings (SSSR count). The van der Waals surface area contributed by atoms with Crippen LogP contribution in [0, 0.1) is 0 Å². The lowest BCUT2D eigenvalue weighted by molar-refractivity contribution is -0.137. The molecule has 1 aliphatic heterocycles. The van der Waals surface area contributed by atoms with Gasteiger partial charge in [0.25, 0.3) is 0 Å². The Hall–Kier alpha value is -2.30. The Kier molecular flexibility index (Phi) is 6.06. The molecule has 2 amide bonds. The third-order valence-corrected chi connectivity index (χ3v) is 6.70. The number of hydrogen-bond acceptors (Lipinski definition) is 3. The monoisotopic (exact) mass is 447 g/mol. The van der Waals surface area contributed by atoms with E-state index in [1.807, 2.05) is 0 Å². The van der Waals surface area contributed by atoms with Crippen LogP contribution in [-0.2, 0) is 16.2 Å². The molecule has 6 nitrogen and oxygen atoms in total. The number of urea groups is 1. The van der Waals surface area contributed by atoms with Gasteiger partial charge in [0.05, 0.1) is 21.2 Å². The lowest BCUT2D eigenvalue weighted by Gasteiger charge is -2.34. The number of halogens is 4. The number of piperazine rings is 1. The lowest BCUT2D eigenvalue weighted by atomic mass is 10.2. The smallest absolute Gasteiger partial charge is 0.322 e. The molecule has 0 saturated carbocycles. The number of rotatable bonds is 3. The zero-order valence-corrected chi connectivity index (χ0v) is 16.6. The van der Waals surface area contributed by atoms with Gasteiger partial charge >= 0.3 is 12.2 Å². The first kappa shape index (κ1) is 21.4. The summed E-state index contributed by atoms with van der Waals surface area (Å²) in [5.74, 6) is 0. The molecule has 156 valence electrons. The Morgan fingerprint density at radius 1 is 0.966 bits per heavy atom. The van der Waals surface area contributed by atoms with Gasteiger partial charge in [-0.3, -0.25) is 0 Å². The molecule has 29 heavy (non-hydrogen) atoms. The van der Waals surface area contributed by atoms with E-state index >= 15 is 0 Å². The Morgan fingerprint density at radius 3 is 2.10 bits per heavy atom. The molecular formula is C18H17ClF3N3O3S. The second-order valence-electron chi connectivity index (χ2n) is 6.32. The maximum Gasteiger partial charge on any atom is 0.416 e. The molecule has 1 heterocycles. The molecule has 0 bridgehead atoms. The molecule has 0 aliphatic carbocycles. The van der Waals surface area contributed by atoms with E-state index < -0.39 is 27.8 Å². The van der Waals surface area contributed by atoms with Crippen LogP contribution in [0.25, 0.3) is 0 Å². The Morgan fingerprint density at radius 2 is 1.55 bits per heavy atom. The first-order chi connectivity index (χ1) is 13.6. The third-order valence-electron chi connectivity index (χ3n) is 4.46. The van der Waals surface area contributed by atoms with Crippen LogP contribution in [0.4, 0.5) is 23.7 Å². The molecule has 0 unspecified atom stereocenters. The fraction of sp³-hybridized carbons (Fsp3) is 0.278. The quantitative estimate of drug-likeness (QED) is 0.776. The largest absolute Gasteiger partial charge is 0.416 e. The van der Waals surface area contributed by atoms with Crippen molar-refractivity contribution in [1.29, 1.82) is 0 Å². The molecule has 2 aromatic carbocycles. The highest BCUT2D eigenvalue weighted by Gasteiger charge is 2.33. The molecule has 0 atom stereocenters. The van der Waals surface area contributed by atoms with E-state index in [9.17, 15) is 26.4 Å². The second kappa shape index (κ2) is 8.21. The highest BCUT2D eigenvalue weighted by molar-refractivity contribution is 7.89. The molecular weight excluding hydrogens is 431 g/mol. The summed E-state index contributed by atoms with van der Waals surface area (Å²) in [6.45, 7) is 0.324. The molecule has 0 radical (unpaired) electrons. The summed E-state index contributed by atoms with van der Waals surface area (Å²) in [7, 11) is -3.95. The van der Waals surface area contributed by atoms with Gasteiger partial charge in [-0.25, -0.2) is 13.2 Å². The Labute approximate surface area is 170 Å². The minimum Gasteiger partial charge on any atom is -0.322 e. The number of para-hydroxylation sites is 1. The van der Waals surface area contributed by atoms with Crippen LogP contribution in [0.1, 0.15) is 5.56 Å². The highest BCUT2D eigenvalue weighted by Crippen LogP contribution is 2.30.